The van der Waals surface area contributed by atoms with Crippen molar-refractivity contribution >= 4 is 11.7 Å². The normalized spacial score (nSPS) is 11.4. The first-order valence-electron chi connectivity index (χ1n) is 4.90. The van der Waals surface area contributed by atoms with Gasteiger partial charge < -0.3 is 9.58 Å². The van der Waals surface area contributed by atoms with E-state index in [0.717, 1.165) is 19.1 Å². The van der Waals surface area contributed by atoms with E-state index in [1.54, 1.807) is 0 Å². The highest BCUT2D eigenvalue weighted by molar-refractivity contribution is 5.66. The van der Waals surface area contributed by atoms with E-state index in [9.17, 15) is 19.3 Å². The van der Waals surface area contributed by atoms with Crippen molar-refractivity contribution in [2.45, 2.75) is 13.0 Å². The van der Waals surface area contributed by atoms with Crippen LogP contribution in [0.5, 0.6) is 0 Å². The number of hydrogen-bond donors (Lipinski definition) is 0. The fourth-order valence-electron chi connectivity index (χ4n) is 1.36. The van der Waals surface area contributed by atoms with Gasteiger partial charge in [0.1, 0.15) is 0 Å². The number of halogens is 1. The van der Waals surface area contributed by atoms with Crippen LogP contribution >= 0.6 is 0 Å². The summed E-state index contributed by atoms with van der Waals surface area (Å²) in [6.45, 7) is 7.72. The summed E-state index contributed by atoms with van der Waals surface area (Å²) in [6, 6.07) is 3.13. The Morgan fingerprint density at radius 2 is 2.33 bits per heavy atom. The second-order valence-corrected chi connectivity index (χ2v) is 3.41. The highest BCUT2D eigenvalue weighted by Crippen LogP contribution is 2.25. The minimum absolute atomic E-state index is 0.178. The third-order valence-electron chi connectivity index (χ3n) is 2.10. The molecule has 0 radical (unpaired) electrons. The Bertz CT molecular complexity index is 524. The molecule has 0 saturated carbocycles. The molecule has 1 rings (SSSR count). The lowest BCUT2D eigenvalue weighted by Gasteiger charge is -2.11. The Balaban J connectivity index is 3.13. The first-order chi connectivity index (χ1) is 8.45. The number of benzene rings is 1. The monoisotopic (exact) mass is 252 g/mol. The zero-order valence-corrected chi connectivity index (χ0v) is 9.42. The van der Waals surface area contributed by atoms with Crippen LogP contribution in [0.4, 0.5) is 10.1 Å². The number of nitro groups is 1. The van der Waals surface area contributed by atoms with Crippen molar-refractivity contribution in [3.63, 3.8) is 0 Å². The minimum atomic E-state index is -0.979. The summed E-state index contributed by atoms with van der Waals surface area (Å²) >= 11 is 0. The van der Waals surface area contributed by atoms with Crippen LogP contribution in [0.15, 0.2) is 18.2 Å². The van der Waals surface area contributed by atoms with Crippen LogP contribution in [0.2, 0.25) is 0 Å². The summed E-state index contributed by atoms with van der Waals surface area (Å²) in [5, 5.41) is 10.6. The van der Waals surface area contributed by atoms with Gasteiger partial charge in [-0.25, -0.2) is 6.57 Å². The SMILES string of the molecule is [C-]#[N+]CC(OC(C)=O)c1ccc(F)c([N+](=O)[O-])c1. The van der Waals surface area contributed by atoms with Gasteiger partial charge in [-0.2, -0.15) is 4.39 Å². The third-order valence-corrected chi connectivity index (χ3v) is 2.10. The maximum atomic E-state index is 13.1. The van der Waals surface area contributed by atoms with Crippen LogP contribution in [0.1, 0.15) is 18.6 Å². The molecule has 0 aliphatic carbocycles. The molecule has 0 N–H and O–H groups in total. The molecule has 18 heavy (non-hydrogen) atoms. The van der Waals surface area contributed by atoms with Crippen molar-refractivity contribution in [2.75, 3.05) is 6.54 Å². The van der Waals surface area contributed by atoms with Gasteiger partial charge >= 0.3 is 11.7 Å². The van der Waals surface area contributed by atoms with Crippen LogP contribution in [-0.2, 0) is 9.53 Å². The molecule has 1 atom stereocenters. The summed E-state index contributed by atoms with van der Waals surface area (Å²) in [5.74, 6) is -1.59. The van der Waals surface area contributed by atoms with Crippen molar-refractivity contribution in [3.8, 4) is 0 Å². The van der Waals surface area contributed by atoms with Gasteiger partial charge in [0.15, 0.2) is 6.10 Å². The Morgan fingerprint density at radius 1 is 1.67 bits per heavy atom. The van der Waals surface area contributed by atoms with Crippen molar-refractivity contribution in [3.05, 3.63) is 51.1 Å². The van der Waals surface area contributed by atoms with E-state index in [4.69, 9.17) is 11.3 Å². The van der Waals surface area contributed by atoms with E-state index >= 15 is 0 Å². The van der Waals surface area contributed by atoms with Gasteiger partial charge in [-0.1, -0.05) is 6.07 Å². The Kier molecular flexibility index (Phi) is 4.32. The molecular weight excluding hydrogens is 243 g/mol. The molecule has 6 nitrogen and oxygen atoms in total. The molecule has 1 unspecified atom stereocenters. The number of hydrogen-bond acceptors (Lipinski definition) is 4. The van der Waals surface area contributed by atoms with Gasteiger partial charge in [-0.05, 0) is 6.07 Å². The summed E-state index contributed by atoms with van der Waals surface area (Å²) in [4.78, 5) is 23.6. The summed E-state index contributed by atoms with van der Waals surface area (Å²) in [6.07, 6.45) is -0.931. The second-order valence-electron chi connectivity index (χ2n) is 3.41. The Labute approximate surface area is 102 Å². The van der Waals surface area contributed by atoms with Gasteiger partial charge in [0, 0.05) is 18.6 Å². The van der Waals surface area contributed by atoms with E-state index in [2.05, 4.69) is 4.85 Å². The van der Waals surface area contributed by atoms with Crippen LogP contribution < -0.4 is 0 Å². The molecule has 0 fully saturated rings. The number of nitro benzene ring substituents is 1. The van der Waals surface area contributed by atoms with Gasteiger partial charge in [-0.3, -0.25) is 14.9 Å². The summed E-state index contributed by atoms with van der Waals surface area (Å²) in [5.41, 5.74) is -0.496. The van der Waals surface area contributed by atoms with Crippen LogP contribution in [-0.4, -0.2) is 17.4 Å². The number of carbonyl (C=O) groups excluding carboxylic acids is 1. The lowest BCUT2D eigenvalue weighted by molar-refractivity contribution is -0.387. The highest BCUT2D eigenvalue weighted by Gasteiger charge is 2.22. The average molecular weight is 252 g/mol. The van der Waals surface area contributed by atoms with Crippen LogP contribution in [0.3, 0.4) is 0 Å². The van der Waals surface area contributed by atoms with Crippen molar-refractivity contribution in [1.29, 1.82) is 0 Å². The molecule has 0 spiro atoms. The molecule has 0 saturated heterocycles. The first-order valence-corrected chi connectivity index (χ1v) is 4.90. The predicted octanol–water partition coefficient (Wildman–Crippen LogP) is 2.26. The highest BCUT2D eigenvalue weighted by atomic mass is 19.1. The molecule has 0 aliphatic rings. The van der Waals surface area contributed by atoms with Crippen molar-refractivity contribution < 1.29 is 18.8 Å². The second kappa shape index (κ2) is 5.72. The standard InChI is InChI=1S/C11H9FN2O4/c1-7(15)18-11(6-13-2)8-3-4-9(12)10(5-8)14(16)17/h3-5,11H,6H2,1H3. The third kappa shape index (κ3) is 3.25. The fourth-order valence-corrected chi connectivity index (χ4v) is 1.36. The molecule has 0 amide bonds. The molecule has 0 aliphatic heterocycles. The minimum Gasteiger partial charge on any atom is -0.450 e. The molecule has 94 valence electrons. The van der Waals surface area contributed by atoms with Crippen molar-refractivity contribution in [1.82, 2.24) is 0 Å². The van der Waals surface area contributed by atoms with E-state index < -0.39 is 28.5 Å². The first kappa shape index (κ1) is 13.6. The Morgan fingerprint density at radius 3 is 2.83 bits per heavy atom. The number of nitrogens with zero attached hydrogens (tertiary/aromatic N) is 2. The van der Waals surface area contributed by atoms with Gasteiger partial charge in [0.25, 0.3) is 6.54 Å². The lowest BCUT2D eigenvalue weighted by Crippen LogP contribution is -2.11. The summed E-state index contributed by atoms with van der Waals surface area (Å²) in [7, 11) is 0. The smallest absolute Gasteiger partial charge is 0.305 e. The number of esters is 1. The molecule has 7 heteroatoms. The quantitative estimate of drug-likeness (QED) is 0.356. The van der Waals surface area contributed by atoms with E-state index in [1.165, 1.54) is 6.07 Å². The van der Waals surface area contributed by atoms with Gasteiger partial charge in [0.2, 0.25) is 5.82 Å². The fraction of sp³-hybridized carbons (Fsp3) is 0.273. The molecular formula is C11H9FN2O4. The van der Waals surface area contributed by atoms with Gasteiger partial charge in [0.05, 0.1) is 4.92 Å². The van der Waals surface area contributed by atoms with Gasteiger partial charge in [-0.15, -0.1) is 0 Å². The van der Waals surface area contributed by atoms with E-state index in [0.29, 0.717) is 0 Å². The largest absolute Gasteiger partial charge is 0.450 e. The zero-order valence-electron chi connectivity index (χ0n) is 9.42. The van der Waals surface area contributed by atoms with E-state index in [-0.39, 0.29) is 12.1 Å². The zero-order chi connectivity index (χ0) is 13.7. The maximum Gasteiger partial charge on any atom is 0.305 e. The van der Waals surface area contributed by atoms with Crippen LogP contribution in [0, 0.1) is 22.5 Å². The van der Waals surface area contributed by atoms with Crippen molar-refractivity contribution in [2.24, 2.45) is 0 Å². The average Bonchev–Trinajstić information content (AvgIpc) is 2.28. The molecule has 0 heterocycles. The topological polar surface area (TPSA) is 73.8 Å². The number of ether oxygens (including phenoxy) is 1. The maximum absolute atomic E-state index is 13.1. The summed E-state index contributed by atoms with van der Waals surface area (Å²) < 4.78 is 18.0. The molecule has 0 aromatic heterocycles. The molecule has 1 aromatic carbocycles. The van der Waals surface area contributed by atoms with E-state index in [1.807, 2.05) is 0 Å². The lowest BCUT2D eigenvalue weighted by atomic mass is 10.1. The predicted molar refractivity (Wildman–Crippen MR) is 59.0 cm³/mol. The van der Waals surface area contributed by atoms with Crippen LogP contribution in [0.25, 0.3) is 4.85 Å². The Hall–Kier alpha value is -2.49. The number of carbonyl (C=O) groups is 1. The number of rotatable bonds is 4. The molecule has 0 bridgehead atoms. The molecule has 1 aromatic rings.